The van der Waals surface area contributed by atoms with Crippen LogP contribution in [0, 0.1) is 5.92 Å². The molecule has 0 radical (unpaired) electrons. The van der Waals surface area contributed by atoms with Crippen molar-refractivity contribution in [3.63, 3.8) is 0 Å². The SMILES string of the molecule is CC(C)C(=O)NCC(=O)N1CCc2ccccc2C1. The van der Waals surface area contributed by atoms with Crippen molar-refractivity contribution >= 4 is 11.8 Å². The van der Waals surface area contributed by atoms with Gasteiger partial charge in [0.05, 0.1) is 6.54 Å². The molecule has 1 aliphatic heterocycles. The fourth-order valence-electron chi connectivity index (χ4n) is 2.19. The standard InChI is InChI=1S/C15H20N2O2/c1-11(2)15(19)16-9-14(18)17-8-7-12-5-3-4-6-13(12)10-17/h3-6,11H,7-10H2,1-2H3,(H,16,19). The molecule has 0 unspecified atom stereocenters. The Bertz CT molecular complexity index is 483. The molecule has 102 valence electrons. The lowest BCUT2D eigenvalue weighted by atomic mass is 10.00. The summed E-state index contributed by atoms with van der Waals surface area (Å²) in [6.07, 6.45) is 0.889. The van der Waals surface area contributed by atoms with Crippen molar-refractivity contribution in [1.29, 1.82) is 0 Å². The van der Waals surface area contributed by atoms with Gasteiger partial charge in [0.15, 0.2) is 0 Å². The number of rotatable bonds is 3. The summed E-state index contributed by atoms with van der Waals surface area (Å²) in [5, 5.41) is 2.67. The maximum atomic E-state index is 12.0. The van der Waals surface area contributed by atoms with Crippen molar-refractivity contribution in [1.82, 2.24) is 10.2 Å². The maximum Gasteiger partial charge on any atom is 0.242 e. The number of nitrogens with one attached hydrogen (secondary N) is 1. The van der Waals surface area contributed by atoms with Gasteiger partial charge in [-0.15, -0.1) is 0 Å². The molecule has 4 heteroatoms. The normalized spacial score (nSPS) is 14.2. The Hall–Kier alpha value is -1.84. The van der Waals surface area contributed by atoms with Crippen LogP contribution in [0.1, 0.15) is 25.0 Å². The summed E-state index contributed by atoms with van der Waals surface area (Å²) in [6.45, 7) is 5.10. The number of fused-ring (bicyclic) bond motifs is 1. The van der Waals surface area contributed by atoms with E-state index in [2.05, 4.69) is 17.4 Å². The van der Waals surface area contributed by atoms with Crippen LogP contribution in [0.15, 0.2) is 24.3 Å². The zero-order valence-electron chi connectivity index (χ0n) is 11.5. The number of benzene rings is 1. The number of nitrogens with zero attached hydrogens (tertiary/aromatic N) is 1. The predicted octanol–water partition coefficient (Wildman–Crippen LogP) is 1.34. The van der Waals surface area contributed by atoms with Crippen LogP contribution in [0.4, 0.5) is 0 Å². The van der Waals surface area contributed by atoms with Crippen LogP contribution in [0.2, 0.25) is 0 Å². The van der Waals surface area contributed by atoms with Crippen LogP contribution in [0.25, 0.3) is 0 Å². The monoisotopic (exact) mass is 260 g/mol. The highest BCUT2D eigenvalue weighted by molar-refractivity contribution is 5.85. The van der Waals surface area contributed by atoms with E-state index in [1.807, 2.05) is 30.9 Å². The van der Waals surface area contributed by atoms with Crippen LogP contribution in [-0.4, -0.2) is 29.8 Å². The van der Waals surface area contributed by atoms with Crippen molar-refractivity contribution in [2.45, 2.75) is 26.8 Å². The molecule has 0 spiro atoms. The van der Waals surface area contributed by atoms with E-state index in [0.29, 0.717) is 6.54 Å². The van der Waals surface area contributed by atoms with E-state index in [0.717, 1.165) is 13.0 Å². The van der Waals surface area contributed by atoms with Crippen LogP contribution in [-0.2, 0) is 22.6 Å². The van der Waals surface area contributed by atoms with E-state index in [1.165, 1.54) is 11.1 Å². The minimum absolute atomic E-state index is 0.0106. The average molecular weight is 260 g/mol. The van der Waals surface area contributed by atoms with Crippen LogP contribution >= 0.6 is 0 Å². The first-order chi connectivity index (χ1) is 9.08. The third-order valence-corrected chi connectivity index (χ3v) is 3.42. The summed E-state index contributed by atoms with van der Waals surface area (Å²) in [6, 6.07) is 8.19. The van der Waals surface area contributed by atoms with E-state index < -0.39 is 0 Å². The number of amides is 2. The van der Waals surface area contributed by atoms with Gasteiger partial charge >= 0.3 is 0 Å². The van der Waals surface area contributed by atoms with E-state index in [1.54, 1.807) is 0 Å². The predicted molar refractivity (Wildman–Crippen MR) is 73.4 cm³/mol. The van der Waals surface area contributed by atoms with Crippen LogP contribution in [0.3, 0.4) is 0 Å². The molecule has 0 bridgehead atoms. The van der Waals surface area contributed by atoms with Crippen LogP contribution in [0.5, 0.6) is 0 Å². The Morgan fingerprint density at radius 2 is 1.95 bits per heavy atom. The van der Waals surface area contributed by atoms with Gasteiger partial charge in [0.2, 0.25) is 11.8 Å². The molecule has 0 saturated carbocycles. The first-order valence-corrected chi connectivity index (χ1v) is 6.70. The second kappa shape index (κ2) is 5.87. The minimum atomic E-state index is -0.0881. The lowest BCUT2D eigenvalue weighted by Gasteiger charge is -2.29. The topological polar surface area (TPSA) is 49.4 Å². The summed E-state index contributed by atoms with van der Waals surface area (Å²) in [7, 11) is 0. The van der Waals surface area contributed by atoms with E-state index in [9.17, 15) is 9.59 Å². The molecular weight excluding hydrogens is 240 g/mol. The minimum Gasteiger partial charge on any atom is -0.347 e. The molecule has 2 rings (SSSR count). The Labute approximate surface area is 113 Å². The Morgan fingerprint density at radius 1 is 1.26 bits per heavy atom. The van der Waals surface area contributed by atoms with Gasteiger partial charge in [0, 0.05) is 19.0 Å². The van der Waals surface area contributed by atoms with Gasteiger partial charge in [0.1, 0.15) is 0 Å². The zero-order chi connectivity index (χ0) is 13.8. The largest absolute Gasteiger partial charge is 0.347 e. The molecule has 0 aromatic heterocycles. The smallest absolute Gasteiger partial charge is 0.242 e. The number of hydrogen-bond acceptors (Lipinski definition) is 2. The van der Waals surface area contributed by atoms with Crippen molar-refractivity contribution in [3.05, 3.63) is 35.4 Å². The molecule has 1 heterocycles. The second-order valence-corrected chi connectivity index (χ2v) is 5.21. The Morgan fingerprint density at radius 3 is 2.63 bits per heavy atom. The number of carbonyl (C=O) groups excluding carboxylic acids is 2. The molecule has 0 saturated heterocycles. The zero-order valence-corrected chi connectivity index (χ0v) is 11.5. The van der Waals surface area contributed by atoms with Crippen LogP contribution < -0.4 is 5.32 Å². The second-order valence-electron chi connectivity index (χ2n) is 5.21. The molecule has 1 N–H and O–H groups in total. The Balaban J connectivity index is 1.90. The van der Waals surface area contributed by atoms with Crippen molar-refractivity contribution in [3.8, 4) is 0 Å². The molecule has 1 aromatic carbocycles. The molecule has 4 nitrogen and oxygen atoms in total. The highest BCUT2D eigenvalue weighted by Gasteiger charge is 2.20. The van der Waals surface area contributed by atoms with Gasteiger partial charge in [-0.3, -0.25) is 9.59 Å². The maximum absolute atomic E-state index is 12.0. The fourth-order valence-corrected chi connectivity index (χ4v) is 2.19. The van der Waals surface area contributed by atoms with E-state index in [-0.39, 0.29) is 24.3 Å². The molecule has 0 aliphatic carbocycles. The molecular formula is C15H20N2O2. The fraction of sp³-hybridized carbons (Fsp3) is 0.467. The number of carbonyl (C=O) groups is 2. The summed E-state index contributed by atoms with van der Waals surface area (Å²) >= 11 is 0. The lowest BCUT2D eigenvalue weighted by Crippen LogP contribution is -2.43. The van der Waals surface area contributed by atoms with Gasteiger partial charge in [-0.25, -0.2) is 0 Å². The number of hydrogen-bond donors (Lipinski definition) is 1. The third-order valence-electron chi connectivity index (χ3n) is 3.42. The average Bonchev–Trinajstić information content (AvgIpc) is 2.43. The molecule has 1 aromatic rings. The van der Waals surface area contributed by atoms with Gasteiger partial charge in [-0.1, -0.05) is 38.1 Å². The first kappa shape index (κ1) is 13.6. The summed E-state index contributed by atoms with van der Waals surface area (Å²) in [5.41, 5.74) is 2.52. The van der Waals surface area contributed by atoms with Gasteiger partial charge in [-0.2, -0.15) is 0 Å². The molecule has 0 atom stereocenters. The molecule has 19 heavy (non-hydrogen) atoms. The summed E-state index contributed by atoms with van der Waals surface area (Å²) in [5.74, 6) is -0.177. The highest BCUT2D eigenvalue weighted by Crippen LogP contribution is 2.18. The Kier molecular flexibility index (Phi) is 4.20. The first-order valence-electron chi connectivity index (χ1n) is 6.70. The van der Waals surface area contributed by atoms with Crippen molar-refractivity contribution in [2.24, 2.45) is 5.92 Å². The van der Waals surface area contributed by atoms with Crippen molar-refractivity contribution < 1.29 is 9.59 Å². The molecule has 1 aliphatic rings. The van der Waals surface area contributed by atoms with Gasteiger partial charge in [0.25, 0.3) is 0 Å². The van der Waals surface area contributed by atoms with Gasteiger partial charge < -0.3 is 10.2 Å². The van der Waals surface area contributed by atoms with Crippen molar-refractivity contribution in [2.75, 3.05) is 13.1 Å². The van der Waals surface area contributed by atoms with E-state index >= 15 is 0 Å². The lowest BCUT2D eigenvalue weighted by molar-refractivity contribution is -0.134. The molecule has 2 amide bonds. The summed E-state index contributed by atoms with van der Waals surface area (Å²) in [4.78, 5) is 25.3. The molecule has 0 fully saturated rings. The highest BCUT2D eigenvalue weighted by atomic mass is 16.2. The quantitative estimate of drug-likeness (QED) is 0.891. The van der Waals surface area contributed by atoms with E-state index in [4.69, 9.17) is 0 Å². The van der Waals surface area contributed by atoms with Gasteiger partial charge in [-0.05, 0) is 17.5 Å². The summed E-state index contributed by atoms with van der Waals surface area (Å²) < 4.78 is 0. The third kappa shape index (κ3) is 3.34.